The molecule has 4 heteroatoms. The van der Waals surface area contributed by atoms with Gasteiger partial charge in [0.1, 0.15) is 0 Å². The molecule has 0 aliphatic carbocycles. The van der Waals surface area contributed by atoms with Gasteiger partial charge in [0.05, 0.1) is 5.92 Å². The van der Waals surface area contributed by atoms with Gasteiger partial charge >= 0.3 is 6.18 Å². The first-order valence-corrected chi connectivity index (χ1v) is 5.38. The van der Waals surface area contributed by atoms with E-state index in [4.69, 9.17) is 0 Å². The van der Waals surface area contributed by atoms with Crippen LogP contribution < -0.4 is 5.32 Å². The van der Waals surface area contributed by atoms with Gasteiger partial charge in [0, 0.05) is 0 Å². The van der Waals surface area contributed by atoms with E-state index in [-0.39, 0.29) is 12.8 Å². The maximum absolute atomic E-state index is 11.9. The molecular formula is C10H22F3N. The second-order valence-electron chi connectivity index (χ2n) is 2.57. The third-order valence-electron chi connectivity index (χ3n) is 1.80. The standard InChI is InChI=1S/C6H10F3N.2C2H6/c7-6(8,9)5-1-3-10-4-2-5;2*1-2/h5,10H,1-4H2;2*1-2H3. The van der Waals surface area contributed by atoms with Gasteiger partial charge in [-0.05, 0) is 25.9 Å². The lowest BCUT2D eigenvalue weighted by atomic mass is 9.98. The van der Waals surface area contributed by atoms with Crippen molar-refractivity contribution in [1.29, 1.82) is 0 Å². The van der Waals surface area contributed by atoms with Crippen LogP contribution in [0.3, 0.4) is 0 Å². The molecule has 1 rings (SSSR count). The smallest absolute Gasteiger partial charge is 0.317 e. The van der Waals surface area contributed by atoms with Crippen molar-refractivity contribution < 1.29 is 13.2 Å². The summed E-state index contributed by atoms with van der Waals surface area (Å²) in [5.41, 5.74) is 0. The van der Waals surface area contributed by atoms with E-state index in [1.807, 2.05) is 27.7 Å². The molecule has 1 nitrogen and oxygen atoms in total. The molecule has 0 aromatic carbocycles. The molecule has 0 amide bonds. The van der Waals surface area contributed by atoms with Crippen LogP contribution in [0.4, 0.5) is 13.2 Å². The second-order valence-corrected chi connectivity index (χ2v) is 2.57. The van der Waals surface area contributed by atoms with Gasteiger partial charge in [-0.3, -0.25) is 0 Å². The molecule has 14 heavy (non-hydrogen) atoms. The van der Waals surface area contributed by atoms with Crippen LogP contribution in [0, 0.1) is 5.92 Å². The van der Waals surface area contributed by atoms with Crippen molar-refractivity contribution in [3.05, 3.63) is 0 Å². The summed E-state index contributed by atoms with van der Waals surface area (Å²) in [5, 5.41) is 2.89. The van der Waals surface area contributed by atoms with Crippen LogP contribution in [0.2, 0.25) is 0 Å². The fraction of sp³-hybridized carbons (Fsp3) is 1.00. The van der Waals surface area contributed by atoms with E-state index >= 15 is 0 Å². The summed E-state index contributed by atoms with van der Waals surface area (Å²) in [6.45, 7) is 9.01. The average Bonchev–Trinajstić information content (AvgIpc) is 2.24. The third kappa shape index (κ3) is 7.18. The Balaban J connectivity index is 0. The molecule has 0 atom stereocenters. The lowest BCUT2D eigenvalue weighted by Gasteiger charge is -2.24. The molecule has 0 radical (unpaired) electrons. The van der Waals surface area contributed by atoms with E-state index < -0.39 is 12.1 Å². The highest BCUT2D eigenvalue weighted by Crippen LogP contribution is 2.31. The lowest BCUT2D eigenvalue weighted by molar-refractivity contribution is -0.180. The van der Waals surface area contributed by atoms with Gasteiger partial charge in [0.25, 0.3) is 0 Å². The maximum atomic E-state index is 11.9. The predicted molar refractivity (Wildman–Crippen MR) is 54.3 cm³/mol. The monoisotopic (exact) mass is 213 g/mol. The topological polar surface area (TPSA) is 12.0 Å². The molecule has 0 unspecified atom stereocenters. The van der Waals surface area contributed by atoms with Crippen LogP contribution in [0.5, 0.6) is 0 Å². The molecule has 0 bridgehead atoms. The normalized spacial score (nSPS) is 17.4. The number of hydrogen-bond acceptors (Lipinski definition) is 1. The molecule has 1 heterocycles. The van der Waals surface area contributed by atoms with Crippen molar-refractivity contribution in [1.82, 2.24) is 5.32 Å². The Morgan fingerprint density at radius 3 is 1.50 bits per heavy atom. The summed E-state index contributed by atoms with van der Waals surface area (Å²) in [7, 11) is 0. The number of piperidine rings is 1. The molecule has 0 spiro atoms. The predicted octanol–water partition coefficient (Wildman–Crippen LogP) is 3.60. The van der Waals surface area contributed by atoms with Crippen LogP contribution in [-0.4, -0.2) is 19.3 Å². The molecule has 1 saturated heterocycles. The Bertz CT molecular complexity index is 106. The fourth-order valence-corrected chi connectivity index (χ4v) is 1.15. The highest BCUT2D eigenvalue weighted by Gasteiger charge is 2.39. The molecule has 1 aliphatic rings. The molecule has 1 N–H and O–H groups in total. The summed E-state index contributed by atoms with van der Waals surface area (Å²) in [6.07, 6.45) is -3.49. The minimum atomic E-state index is -3.97. The highest BCUT2D eigenvalue weighted by atomic mass is 19.4. The van der Waals surface area contributed by atoms with Crippen molar-refractivity contribution in [2.24, 2.45) is 5.92 Å². The molecule has 0 saturated carbocycles. The zero-order valence-electron chi connectivity index (χ0n) is 9.54. The Labute approximate surface area is 85.1 Å². The Morgan fingerprint density at radius 2 is 1.29 bits per heavy atom. The van der Waals surface area contributed by atoms with Gasteiger partial charge in [-0.1, -0.05) is 27.7 Å². The summed E-state index contributed by atoms with van der Waals surface area (Å²) in [4.78, 5) is 0. The minimum absolute atomic E-state index is 0.240. The Hall–Kier alpha value is -0.250. The molecule has 1 fully saturated rings. The average molecular weight is 213 g/mol. The van der Waals surface area contributed by atoms with Crippen LogP contribution in [0.25, 0.3) is 0 Å². The quantitative estimate of drug-likeness (QED) is 0.648. The molecule has 88 valence electrons. The third-order valence-corrected chi connectivity index (χ3v) is 1.80. The summed E-state index contributed by atoms with van der Waals surface area (Å²) in [6, 6.07) is 0. The number of hydrogen-bond donors (Lipinski definition) is 1. The molecule has 1 aliphatic heterocycles. The van der Waals surface area contributed by atoms with Crippen LogP contribution in [0.15, 0.2) is 0 Å². The van der Waals surface area contributed by atoms with Gasteiger partial charge in [0.15, 0.2) is 0 Å². The second kappa shape index (κ2) is 9.31. The molecular weight excluding hydrogens is 191 g/mol. The first-order chi connectivity index (χ1) is 6.61. The van der Waals surface area contributed by atoms with E-state index in [1.165, 1.54) is 0 Å². The largest absolute Gasteiger partial charge is 0.391 e. The van der Waals surface area contributed by atoms with Crippen molar-refractivity contribution in [3.63, 3.8) is 0 Å². The van der Waals surface area contributed by atoms with Crippen molar-refractivity contribution >= 4 is 0 Å². The molecule has 0 aromatic rings. The highest BCUT2D eigenvalue weighted by molar-refractivity contribution is 4.73. The lowest BCUT2D eigenvalue weighted by Crippen LogP contribution is -2.35. The van der Waals surface area contributed by atoms with Crippen LogP contribution in [-0.2, 0) is 0 Å². The summed E-state index contributed by atoms with van der Waals surface area (Å²) < 4.78 is 35.7. The minimum Gasteiger partial charge on any atom is -0.317 e. The summed E-state index contributed by atoms with van der Waals surface area (Å²) >= 11 is 0. The van der Waals surface area contributed by atoms with Crippen molar-refractivity contribution in [2.75, 3.05) is 13.1 Å². The van der Waals surface area contributed by atoms with Crippen LogP contribution >= 0.6 is 0 Å². The van der Waals surface area contributed by atoms with Crippen LogP contribution in [0.1, 0.15) is 40.5 Å². The van der Waals surface area contributed by atoms with Crippen molar-refractivity contribution in [3.8, 4) is 0 Å². The first-order valence-electron chi connectivity index (χ1n) is 5.38. The number of rotatable bonds is 0. The van der Waals surface area contributed by atoms with Gasteiger partial charge in [0.2, 0.25) is 0 Å². The van der Waals surface area contributed by atoms with Gasteiger partial charge in [-0.15, -0.1) is 0 Å². The first kappa shape index (κ1) is 16.2. The molecule has 0 aromatic heterocycles. The van der Waals surface area contributed by atoms with E-state index in [0.29, 0.717) is 13.1 Å². The maximum Gasteiger partial charge on any atom is 0.391 e. The number of nitrogens with one attached hydrogen (secondary N) is 1. The van der Waals surface area contributed by atoms with E-state index in [2.05, 4.69) is 5.32 Å². The zero-order valence-corrected chi connectivity index (χ0v) is 9.54. The van der Waals surface area contributed by atoms with E-state index in [9.17, 15) is 13.2 Å². The number of halogens is 3. The van der Waals surface area contributed by atoms with Gasteiger partial charge < -0.3 is 5.32 Å². The van der Waals surface area contributed by atoms with E-state index in [1.54, 1.807) is 0 Å². The van der Waals surface area contributed by atoms with Gasteiger partial charge in [-0.25, -0.2) is 0 Å². The zero-order chi connectivity index (χ0) is 11.6. The van der Waals surface area contributed by atoms with E-state index in [0.717, 1.165) is 0 Å². The Kier molecular flexibility index (Phi) is 10.8. The van der Waals surface area contributed by atoms with Crippen molar-refractivity contribution in [2.45, 2.75) is 46.7 Å². The van der Waals surface area contributed by atoms with Gasteiger partial charge in [-0.2, -0.15) is 13.2 Å². The Morgan fingerprint density at radius 1 is 0.929 bits per heavy atom. The fourth-order valence-electron chi connectivity index (χ4n) is 1.15. The SMILES string of the molecule is CC.CC.FC(F)(F)C1CCNCC1. The summed E-state index contributed by atoms with van der Waals surface area (Å²) in [5.74, 6) is -1.06. The number of alkyl halides is 3.